The standard InChI is InChI=1S/C11H20N2O4/c1-8(14)12-7-5-4-6-10(11(16)17-3)13-9(2)15/h10H,4-7H2,1-3H3,(H,12,14)(H,13,15)/t10-/m0/s1. The third-order valence-electron chi connectivity index (χ3n) is 2.16. The molecule has 1 atom stereocenters. The monoisotopic (exact) mass is 244 g/mol. The number of nitrogens with one attached hydrogen (secondary N) is 2. The highest BCUT2D eigenvalue weighted by Gasteiger charge is 2.19. The second kappa shape index (κ2) is 8.55. The molecular formula is C11H20N2O4. The largest absolute Gasteiger partial charge is 0.467 e. The second-order valence-corrected chi connectivity index (χ2v) is 3.76. The van der Waals surface area contributed by atoms with E-state index >= 15 is 0 Å². The Kier molecular flexibility index (Phi) is 7.75. The van der Waals surface area contributed by atoms with Gasteiger partial charge in [0.05, 0.1) is 7.11 Å². The SMILES string of the molecule is COC(=O)[C@H](CCCCNC(C)=O)NC(C)=O. The summed E-state index contributed by atoms with van der Waals surface area (Å²) in [5, 5.41) is 5.19. The van der Waals surface area contributed by atoms with Crippen LogP contribution in [-0.2, 0) is 19.1 Å². The van der Waals surface area contributed by atoms with E-state index in [2.05, 4.69) is 15.4 Å². The molecule has 0 rings (SSSR count). The molecule has 0 unspecified atom stereocenters. The van der Waals surface area contributed by atoms with Crippen LogP contribution >= 0.6 is 0 Å². The Balaban J connectivity index is 3.87. The first-order valence-electron chi connectivity index (χ1n) is 5.56. The van der Waals surface area contributed by atoms with E-state index in [0.717, 1.165) is 12.8 Å². The van der Waals surface area contributed by atoms with E-state index in [1.807, 2.05) is 0 Å². The highest BCUT2D eigenvalue weighted by molar-refractivity contribution is 5.83. The van der Waals surface area contributed by atoms with Crippen molar-refractivity contribution in [3.05, 3.63) is 0 Å². The van der Waals surface area contributed by atoms with Gasteiger partial charge in [-0.05, 0) is 19.3 Å². The smallest absolute Gasteiger partial charge is 0.328 e. The van der Waals surface area contributed by atoms with E-state index < -0.39 is 12.0 Å². The van der Waals surface area contributed by atoms with Gasteiger partial charge in [-0.2, -0.15) is 0 Å². The molecule has 6 nitrogen and oxygen atoms in total. The lowest BCUT2D eigenvalue weighted by Crippen LogP contribution is -2.40. The molecule has 2 N–H and O–H groups in total. The molecule has 0 aromatic rings. The second-order valence-electron chi connectivity index (χ2n) is 3.76. The summed E-state index contributed by atoms with van der Waals surface area (Å²) in [6.45, 7) is 3.38. The first-order chi connectivity index (χ1) is 7.97. The Bertz CT molecular complexity index is 279. The molecule has 0 bridgehead atoms. The fourth-order valence-electron chi connectivity index (χ4n) is 1.37. The molecule has 0 saturated carbocycles. The molecule has 2 amide bonds. The molecule has 0 heterocycles. The van der Waals surface area contributed by atoms with Crippen LogP contribution in [0.2, 0.25) is 0 Å². The van der Waals surface area contributed by atoms with Crippen LogP contribution in [0.1, 0.15) is 33.1 Å². The Hall–Kier alpha value is -1.59. The summed E-state index contributed by atoms with van der Waals surface area (Å²) in [7, 11) is 1.29. The number of unbranched alkanes of at least 4 members (excludes halogenated alkanes) is 1. The number of hydrogen-bond acceptors (Lipinski definition) is 4. The number of ether oxygens (including phenoxy) is 1. The van der Waals surface area contributed by atoms with Crippen molar-refractivity contribution in [1.82, 2.24) is 10.6 Å². The van der Waals surface area contributed by atoms with Crippen LogP contribution in [-0.4, -0.2) is 37.5 Å². The third-order valence-corrected chi connectivity index (χ3v) is 2.16. The van der Waals surface area contributed by atoms with Crippen LogP contribution in [0.15, 0.2) is 0 Å². The minimum absolute atomic E-state index is 0.0728. The van der Waals surface area contributed by atoms with E-state index in [0.29, 0.717) is 13.0 Å². The van der Waals surface area contributed by atoms with Crippen molar-refractivity contribution in [1.29, 1.82) is 0 Å². The molecule has 17 heavy (non-hydrogen) atoms. The maximum absolute atomic E-state index is 11.3. The van der Waals surface area contributed by atoms with Crippen molar-refractivity contribution in [2.24, 2.45) is 0 Å². The highest BCUT2D eigenvalue weighted by atomic mass is 16.5. The van der Waals surface area contributed by atoms with E-state index in [1.54, 1.807) is 0 Å². The normalized spacial score (nSPS) is 11.5. The van der Waals surface area contributed by atoms with Crippen LogP contribution in [0.5, 0.6) is 0 Å². The zero-order valence-electron chi connectivity index (χ0n) is 10.5. The Morgan fingerprint density at radius 3 is 2.24 bits per heavy atom. The molecule has 6 heteroatoms. The first-order valence-corrected chi connectivity index (χ1v) is 5.56. The number of methoxy groups -OCH3 is 1. The average Bonchev–Trinajstić information content (AvgIpc) is 2.25. The van der Waals surface area contributed by atoms with Gasteiger partial charge in [-0.15, -0.1) is 0 Å². The van der Waals surface area contributed by atoms with Gasteiger partial charge in [-0.25, -0.2) is 4.79 Å². The fraction of sp³-hybridized carbons (Fsp3) is 0.727. The topological polar surface area (TPSA) is 84.5 Å². The van der Waals surface area contributed by atoms with Gasteiger partial charge in [0.15, 0.2) is 0 Å². The average molecular weight is 244 g/mol. The molecule has 0 radical (unpaired) electrons. The number of amides is 2. The number of rotatable bonds is 7. The summed E-state index contributed by atoms with van der Waals surface area (Å²) < 4.78 is 4.59. The van der Waals surface area contributed by atoms with Crippen molar-refractivity contribution >= 4 is 17.8 Å². The molecule has 98 valence electrons. The molecule has 0 saturated heterocycles. The molecular weight excluding hydrogens is 224 g/mol. The number of carbonyl (C=O) groups is 3. The number of carbonyl (C=O) groups excluding carboxylic acids is 3. The zero-order valence-corrected chi connectivity index (χ0v) is 10.5. The van der Waals surface area contributed by atoms with Gasteiger partial charge >= 0.3 is 5.97 Å². The Morgan fingerprint density at radius 1 is 1.12 bits per heavy atom. The van der Waals surface area contributed by atoms with E-state index in [4.69, 9.17) is 0 Å². The van der Waals surface area contributed by atoms with Crippen molar-refractivity contribution < 1.29 is 19.1 Å². The quantitative estimate of drug-likeness (QED) is 0.486. The van der Waals surface area contributed by atoms with Crippen LogP contribution in [0, 0.1) is 0 Å². The molecule has 0 aliphatic carbocycles. The Morgan fingerprint density at radius 2 is 1.76 bits per heavy atom. The third kappa shape index (κ3) is 8.24. The summed E-state index contributed by atoms with van der Waals surface area (Å²) in [4.78, 5) is 32.8. The number of hydrogen-bond donors (Lipinski definition) is 2. The molecule has 0 aromatic carbocycles. The fourth-order valence-corrected chi connectivity index (χ4v) is 1.37. The van der Waals surface area contributed by atoms with Crippen LogP contribution in [0.3, 0.4) is 0 Å². The zero-order chi connectivity index (χ0) is 13.3. The molecule has 0 fully saturated rings. The van der Waals surface area contributed by atoms with E-state index in [-0.39, 0.29) is 11.8 Å². The minimum atomic E-state index is -0.602. The van der Waals surface area contributed by atoms with Crippen LogP contribution < -0.4 is 10.6 Å². The van der Waals surface area contributed by atoms with Gasteiger partial charge in [0.2, 0.25) is 11.8 Å². The van der Waals surface area contributed by atoms with Crippen LogP contribution in [0.4, 0.5) is 0 Å². The van der Waals surface area contributed by atoms with Gasteiger partial charge in [-0.1, -0.05) is 0 Å². The van der Waals surface area contributed by atoms with Gasteiger partial charge in [-0.3, -0.25) is 9.59 Å². The van der Waals surface area contributed by atoms with Gasteiger partial charge in [0, 0.05) is 20.4 Å². The Labute approximate surface area is 101 Å². The van der Waals surface area contributed by atoms with E-state index in [9.17, 15) is 14.4 Å². The maximum Gasteiger partial charge on any atom is 0.328 e. The summed E-state index contributed by atoms with van der Waals surface area (Å²) in [5.74, 6) is -0.779. The lowest BCUT2D eigenvalue weighted by Gasteiger charge is -2.15. The molecule has 0 aliphatic heterocycles. The lowest BCUT2D eigenvalue weighted by atomic mass is 10.1. The lowest BCUT2D eigenvalue weighted by molar-refractivity contribution is -0.145. The van der Waals surface area contributed by atoms with Crippen molar-refractivity contribution in [3.8, 4) is 0 Å². The maximum atomic E-state index is 11.3. The molecule has 0 spiro atoms. The number of esters is 1. The summed E-state index contributed by atoms with van der Waals surface area (Å²) in [5.41, 5.74) is 0. The van der Waals surface area contributed by atoms with Crippen molar-refractivity contribution in [2.45, 2.75) is 39.2 Å². The van der Waals surface area contributed by atoms with Gasteiger partial charge in [0.25, 0.3) is 0 Å². The highest BCUT2D eigenvalue weighted by Crippen LogP contribution is 2.02. The minimum Gasteiger partial charge on any atom is -0.467 e. The predicted octanol–water partition coefficient (Wildman–Crippen LogP) is -0.0295. The summed E-state index contributed by atoms with van der Waals surface area (Å²) >= 11 is 0. The van der Waals surface area contributed by atoms with Gasteiger partial charge < -0.3 is 15.4 Å². The molecule has 0 aromatic heterocycles. The summed E-state index contributed by atoms with van der Waals surface area (Å²) in [6, 6.07) is -0.602. The molecule has 0 aliphatic rings. The summed E-state index contributed by atoms with van der Waals surface area (Å²) in [6.07, 6.45) is 1.98. The van der Waals surface area contributed by atoms with Gasteiger partial charge in [0.1, 0.15) is 6.04 Å². The first kappa shape index (κ1) is 15.4. The van der Waals surface area contributed by atoms with Crippen molar-refractivity contribution in [3.63, 3.8) is 0 Å². The van der Waals surface area contributed by atoms with Crippen molar-refractivity contribution in [2.75, 3.05) is 13.7 Å². The van der Waals surface area contributed by atoms with Crippen LogP contribution in [0.25, 0.3) is 0 Å². The predicted molar refractivity (Wildman–Crippen MR) is 62.2 cm³/mol. The van der Waals surface area contributed by atoms with E-state index in [1.165, 1.54) is 21.0 Å².